The van der Waals surface area contributed by atoms with Gasteiger partial charge in [-0.3, -0.25) is 9.36 Å². The number of rotatable bonds is 1. The Bertz CT molecular complexity index is 573. The fourth-order valence-electron chi connectivity index (χ4n) is 1.46. The summed E-state index contributed by atoms with van der Waals surface area (Å²) >= 11 is 5.80. The number of hydrogen-bond acceptors (Lipinski definition) is 2. The van der Waals surface area contributed by atoms with Gasteiger partial charge in [0.25, 0.3) is 5.56 Å². The zero-order valence-electron chi connectivity index (χ0n) is 8.77. The van der Waals surface area contributed by atoms with Crippen LogP contribution < -0.4 is 11.3 Å². The highest BCUT2D eigenvalue weighted by molar-refractivity contribution is 6.30. The quantitative estimate of drug-likeness (QED) is 0.823. The number of hydrogen-bond donors (Lipinski definition) is 1. The van der Waals surface area contributed by atoms with Gasteiger partial charge in [-0.05, 0) is 29.3 Å². The van der Waals surface area contributed by atoms with Crippen LogP contribution in [-0.2, 0) is 7.05 Å². The Kier molecular flexibility index (Phi) is 2.71. The second-order valence-corrected chi connectivity index (χ2v) is 4.01. The maximum absolute atomic E-state index is 11.6. The van der Waals surface area contributed by atoms with E-state index in [0.29, 0.717) is 10.8 Å². The van der Waals surface area contributed by atoms with Gasteiger partial charge in [-0.15, -0.1) is 0 Å². The van der Waals surface area contributed by atoms with Gasteiger partial charge in [-0.1, -0.05) is 23.7 Å². The molecule has 0 radical (unpaired) electrons. The Labute approximate surface area is 98.1 Å². The molecule has 3 nitrogen and oxygen atoms in total. The summed E-state index contributed by atoms with van der Waals surface area (Å²) < 4.78 is 1.40. The molecule has 2 aromatic rings. The van der Waals surface area contributed by atoms with Gasteiger partial charge >= 0.3 is 0 Å². The lowest BCUT2D eigenvalue weighted by Crippen LogP contribution is -2.18. The van der Waals surface area contributed by atoms with E-state index < -0.39 is 0 Å². The number of nitrogen functional groups attached to an aromatic ring is 1. The molecular weight excluding hydrogens is 224 g/mol. The molecule has 0 atom stereocenters. The van der Waals surface area contributed by atoms with Gasteiger partial charge in [-0.2, -0.15) is 0 Å². The first-order valence-corrected chi connectivity index (χ1v) is 5.18. The van der Waals surface area contributed by atoms with Crippen molar-refractivity contribution in [1.29, 1.82) is 0 Å². The highest BCUT2D eigenvalue weighted by Gasteiger charge is 2.02. The minimum absolute atomic E-state index is 0.120. The molecule has 0 amide bonds. The first-order valence-electron chi connectivity index (χ1n) is 4.80. The summed E-state index contributed by atoms with van der Waals surface area (Å²) in [5, 5.41) is 0.667. The monoisotopic (exact) mass is 234 g/mol. The summed E-state index contributed by atoms with van der Waals surface area (Å²) in [6.07, 6.45) is 0. The van der Waals surface area contributed by atoms with E-state index in [0.717, 1.165) is 11.1 Å². The van der Waals surface area contributed by atoms with E-state index in [9.17, 15) is 4.79 Å². The molecule has 0 spiro atoms. The lowest BCUT2D eigenvalue weighted by atomic mass is 10.1. The Morgan fingerprint density at radius 3 is 2.31 bits per heavy atom. The molecule has 1 heterocycles. The maximum Gasteiger partial charge on any atom is 0.252 e. The van der Waals surface area contributed by atoms with Crippen LogP contribution >= 0.6 is 11.6 Å². The number of nitrogens with two attached hydrogens (primary N) is 1. The number of pyridine rings is 1. The van der Waals surface area contributed by atoms with Crippen molar-refractivity contribution in [1.82, 2.24) is 4.57 Å². The Balaban J connectivity index is 2.57. The molecule has 0 saturated heterocycles. The Morgan fingerprint density at radius 2 is 1.75 bits per heavy atom. The van der Waals surface area contributed by atoms with Crippen LogP contribution in [0.15, 0.2) is 41.2 Å². The molecule has 0 aliphatic heterocycles. The average molecular weight is 235 g/mol. The summed E-state index contributed by atoms with van der Waals surface area (Å²) in [7, 11) is 1.64. The van der Waals surface area contributed by atoms with Crippen molar-refractivity contribution >= 4 is 17.4 Å². The number of benzene rings is 1. The van der Waals surface area contributed by atoms with E-state index in [1.54, 1.807) is 31.3 Å². The van der Waals surface area contributed by atoms with E-state index in [2.05, 4.69) is 0 Å². The van der Waals surface area contributed by atoms with Gasteiger partial charge in [0, 0.05) is 18.1 Å². The molecule has 0 aliphatic rings. The van der Waals surface area contributed by atoms with Gasteiger partial charge in [0.15, 0.2) is 0 Å². The van der Waals surface area contributed by atoms with Gasteiger partial charge < -0.3 is 5.73 Å². The second kappa shape index (κ2) is 4.02. The molecule has 82 valence electrons. The van der Waals surface area contributed by atoms with Crippen molar-refractivity contribution in [3.05, 3.63) is 51.8 Å². The zero-order valence-corrected chi connectivity index (χ0v) is 9.53. The molecule has 0 aliphatic carbocycles. The predicted molar refractivity (Wildman–Crippen MR) is 66.5 cm³/mol. The molecule has 0 unspecified atom stereocenters. The third kappa shape index (κ3) is 1.95. The average Bonchev–Trinajstić information content (AvgIpc) is 2.26. The van der Waals surface area contributed by atoms with Crippen LogP contribution in [0.4, 0.5) is 5.82 Å². The summed E-state index contributed by atoms with van der Waals surface area (Å²) in [6.45, 7) is 0. The highest BCUT2D eigenvalue weighted by atomic mass is 35.5. The first-order chi connectivity index (χ1) is 7.58. The molecule has 2 N–H and O–H groups in total. The molecule has 4 heteroatoms. The minimum atomic E-state index is -0.120. The van der Waals surface area contributed by atoms with E-state index in [1.807, 2.05) is 12.1 Å². The maximum atomic E-state index is 11.6. The molecule has 16 heavy (non-hydrogen) atoms. The molecule has 0 fully saturated rings. The van der Waals surface area contributed by atoms with Gasteiger partial charge in [0.05, 0.1) is 0 Å². The fraction of sp³-hybridized carbons (Fsp3) is 0.0833. The van der Waals surface area contributed by atoms with Crippen molar-refractivity contribution in [3.8, 4) is 11.1 Å². The van der Waals surface area contributed by atoms with Crippen LogP contribution in [0.3, 0.4) is 0 Å². The minimum Gasteiger partial charge on any atom is -0.385 e. The van der Waals surface area contributed by atoms with Crippen molar-refractivity contribution in [2.45, 2.75) is 0 Å². The lowest BCUT2D eigenvalue weighted by molar-refractivity contribution is 0.876. The molecule has 2 rings (SSSR count). The van der Waals surface area contributed by atoms with Crippen LogP contribution in [0.5, 0.6) is 0 Å². The summed E-state index contributed by atoms with van der Waals surface area (Å²) in [6, 6.07) is 10.6. The number of halogens is 1. The van der Waals surface area contributed by atoms with Crippen molar-refractivity contribution < 1.29 is 0 Å². The highest BCUT2D eigenvalue weighted by Crippen LogP contribution is 2.21. The lowest BCUT2D eigenvalue weighted by Gasteiger charge is -2.06. The summed E-state index contributed by atoms with van der Waals surface area (Å²) in [4.78, 5) is 11.6. The standard InChI is InChI=1S/C12H11ClN2O/c1-15-11(14)6-9(7-12(15)16)8-2-4-10(13)5-3-8/h2-7H,14H2,1H3. The SMILES string of the molecule is Cn1c(N)cc(-c2ccc(Cl)cc2)cc1=O. The van der Waals surface area contributed by atoms with Gasteiger partial charge in [-0.25, -0.2) is 0 Å². The zero-order chi connectivity index (χ0) is 11.7. The van der Waals surface area contributed by atoms with Gasteiger partial charge in [0.1, 0.15) is 5.82 Å². The summed E-state index contributed by atoms with van der Waals surface area (Å²) in [5.74, 6) is 0.442. The van der Waals surface area contributed by atoms with E-state index in [4.69, 9.17) is 17.3 Å². The van der Waals surface area contributed by atoms with E-state index in [-0.39, 0.29) is 5.56 Å². The van der Waals surface area contributed by atoms with Crippen molar-refractivity contribution in [2.75, 3.05) is 5.73 Å². The largest absolute Gasteiger partial charge is 0.385 e. The topological polar surface area (TPSA) is 48.0 Å². The van der Waals surface area contributed by atoms with Crippen LogP contribution in [-0.4, -0.2) is 4.57 Å². The molecule has 0 saturated carbocycles. The second-order valence-electron chi connectivity index (χ2n) is 3.57. The van der Waals surface area contributed by atoms with Gasteiger partial charge in [0.2, 0.25) is 0 Å². The predicted octanol–water partition coefficient (Wildman–Crippen LogP) is 2.29. The molecule has 0 bridgehead atoms. The number of anilines is 1. The third-order valence-corrected chi connectivity index (χ3v) is 2.73. The van der Waals surface area contributed by atoms with Crippen LogP contribution in [0.2, 0.25) is 5.02 Å². The normalized spacial score (nSPS) is 10.4. The molecular formula is C12H11ClN2O. The summed E-state index contributed by atoms with van der Waals surface area (Å²) in [5.41, 5.74) is 7.33. The third-order valence-electron chi connectivity index (χ3n) is 2.48. The fourth-order valence-corrected chi connectivity index (χ4v) is 1.59. The van der Waals surface area contributed by atoms with Crippen LogP contribution in [0.1, 0.15) is 0 Å². The van der Waals surface area contributed by atoms with E-state index in [1.165, 1.54) is 4.57 Å². The van der Waals surface area contributed by atoms with Crippen molar-refractivity contribution in [3.63, 3.8) is 0 Å². The van der Waals surface area contributed by atoms with Crippen LogP contribution in [0.25, 0.3) is 11.1 Å². The molecule has 1 aromatic heterocycles. The Morgan fingerprint density at radius 1 is 1.12 bits per heavy atom. The number of aromatic nitrogens is 1. The van der Waals surface area contributed by atoms with Crippen molar-refractivity contribution in [2.24, 2.45) is 7.05 Å². The Hall–Kier alpha value is -1.74. The smallest absolute Gasteiger partial charge is 0.252 e. The van der Waals surface area contributed by atoms with Crippen LogP contribution in [0, 0.1) is 0 Å². The van der Waals surface area contributed by atoms with E-state index >= 15 is 0 Å². The number of nitrogens with zero attached hydrogens (tertiary/aromatic N) is 1. The first kappa shape index (κ1) is 10.8. The molecule has 1 aromatic carbocycles.